The molecule has 0 saturated carbocycles. The molecule has 1 atom stereocenters. The second-order valence-electron chi connectivity index (χ2n) is 5.74. The van der Waals surface area contributed by atoms with Crippen LogP contribution in [0.15, 0.2) is 54.9 Å². The highest BCUT2D eigenvalue weighted by atomic mass is 35.5. The van der Waals surface area contributed by atoms with Crippen LogP contribution in [0.25, 0.3) is 0 Å². The van der Waals surface area contributed by atoms with Crippen molar-refractivity contribution < 1.29 is 9.59 Å². The number of carbonyl (C=O) groups excluding carboxylic acids is 2. The Labute approximate surface area is 172 Å². The molecule has 0 saturated heterocycles. The van der Waals surface area contributed by atoms with Gasteiger partial charge in [0.15, 0.2) is 0 Å². The van der Waals surface area contributed by atoms with E-state index < -0.39 is 6.04 Å². The largest absolute Gasteiger partial charge is 0.354 e. The Kier molecular flexibility index (Phi) is 12.9. The van der Waals surface area contributed by atoms with Crippen molar-refractivity contribution in [3.8, 4) is 0 Å². The van der Waals surface area contributed by atoms with Crippen LogP contribution in [0.1, 0.15) is 28.8 Å². The first kappa shape index (κ1) is 24.8. The molecule has 148 valence electrons. The van der Waals surface area contributed by atoms with Gasteiger partial charge in [-0.25, -0.2) is 0 Å². The van der Waals surface area contributed by atoms with Gasteiger partial charge in [0.1, 0.15) is 6.04 Å². The number of carbonyl (C=O) groups is 2. The number of unbranched alkanes of at least 4 members (excludes halogenated alkanes) is 1. The molecule has 1 heterocycles. The molecular weight excluding hydrogens is 387 g/mol. The van der Waals surface area contributed by atoms with E-state index in [0.717, 1.165) is 18.4 Å². The topological polar surface area (TPSA) is 97.1 Å². The predicted octanol–water partition coefficient (Wildman–Crippen LogP) is 2.12. The summed E-state index contributed by atoms with van der Waals surface area (Å²) in [4.78, 5) is 29.0. The number of pyridine rings is 1. The van der Waals surface area contributed by atoms with Crippen LogP contribution in [0, 0.1) is 0 Å². The van der Waals surface area contributed by atoms with Crippen LogP contribution in [-0.2, 0) is 11.2 Å². The molecule has 0 bridgehead atoms. The Morgan fingerprint density at radius 3 is 2.41 bits per heavy atom. The molecule has 1 unspecified atom stereocenters. The third-order valence-electron chi connectivity index (χ3n) is 3.75. The third-order valence-corrected chi connectivity index (χ3v) is 3.75. The van der Waals surface area contributed by atoms with Crippen LogP contribution < -0.4 is 16.4 Å². The van der Waals surface area contributed by atoms with Crippen molar-refractivity contribution in [1.29, 1.82) is 0 Å². The highest BCUT2D eigenvalue weighted by Crippen LogP contribution is 2.05. The maximum Gasteiger partial charge on any atom is 0.251 e. The Morgan fingerprint density at radius 2 is 1.78 bits per heavy atom. The number of nitrogens with two attached hydrogens (primary N) is 1. The van der Waals surface area contributed by atoms with E-state index in [1.165, 1.54) is 0 Å². The minimum absolute atomic E-state index is 0. The van der Waals surface area contributed by atoms with Gasteiger partial charge < -0.3 is 16.4 Å². The molecule has 6 nitrogen and oxygen atoms in total. The summed E-state index contributed by atoms with van der Waals surface area (Å²) in [5.74, 6) is -0.475. The van der Waals surface area contributed by atoms with Gasteiger partial charge in [-0.1, -0.05) is 24.3 Å². The SMILES string of the molecule is Cl.Cl.NCCCCNC(=O)C(Cc1cccnc1)NC(=O)c1ccccc1. The molecule has 0 aliphatic carbocycles. The van der Waals surface area contributed by atoms with Crippen LogP contribution >= 0.6 is 24.8 Å². The zero-order chi connectivity index (χ0) is 17.9. The van der Waals surface area contributed by atoms with Gasteiger partial charge in [0.2, 0.25) is 5.91 Å². The second-order valence-corrected chi connectivity index (χ2v) is 5.74. The molecule has 0 aliphatic heterocycles. The van der Waals surface area contributed by atoms with E-state index in [0.29, 0.717) is 25.1 Å². The van der Waals surface area contributed by atoms with E-state index in [4.69, 9.17) is 5.73 Å². The zero-order valence-corrected chi connectivity index (χ0v) is 16.6. The standard InChI is InChI=1S/C19H24N4O2.2ClH/c20-10-4-5-12-22-19(25)17(13-15-7-6-11-21-14-15)23-18(24)16-8-2-1-3-9-16;;/h1-3,6-9,11,14,17H,4-5,10,12-13,20H2,(H,22,25)(H,23,24);2*1H. The maximum atomic E-state index is 12.5. The number of hydrogen-bond donors (Lipinski definition) is 3. The minimum Gasteiger partial charge on any atom is -0.354 e. The van der Waals surface area contributed by atoms with E-state index in [-0.39, 0.29) is 36.6 Å². The monoisotopic (exact) mass is 412 g/mol. The van der Waals surface area contributed by atoms with E-state index in [9.17, 15) is 9.59 Å². The molecule has 27 heavy (non-hydrogen) atoms. The number of rotatable bonds is 9. The number of hydrogen-bond acceptors (Lipinski definition) is 4. The summed E-state index contributed by atoms with van der Waals surface area (Å²) < 4.78 is 0. The van der Waals surface area contributed by atoms with Crippen molar-refractivity contribution in [2.75, 3.05) is 13.1 Å². The fourth-order valence-electron chi connectivity index (χ4n) is 2.40. The van der Waals surface area contributed by atoms with Gasteiger partial charge in [0.05, 0.1) is 0 Å². The van der Waals surface area contributed by atoms with Crippen LogP contribution in [0.2, 0.25) is 0 Å². The van der Waals surface area contributed by atoms with Crippen molar-refractivity contribution in [3.05, 3.63) is 66.0 Å². The molecule has 1 aromatic heterocycles. The van der Waals surface area contributed by atoms with Crippen molar-refractivity contribution in [1.82, 2.24) is 15.6 Å². The average molecular weight is 413 g/mol. The third kappa shape index (κ3) is 8.86. The molecule has 2 amide bonds. The molecule has 4 N–H and O–H groups in total. The van der Waals surface area contributed by atoms with Crippen LogP contribution in [0.3, 0.4) is 0 Å². The molecular formula is C19H26Cl2N4O2. The van der Waals surface area contributed by atoms with Crippen LogP contribution in [0.5, 0.6) is 0 Å². The summed E-state index contributed by atoms with van der Waals surface area (Å²) in [5, 5.41) is 5.68. The number of aromatic nitrogens is 1. The molecule has 0 aliphatic rings. The lowest BCUT2D eigenvalue weighted by atomic mass is 10.1. The molecule has 2 rings (SSSR count). The molecule has 8 heteroatoms. The van der Waals surface area contributed by atoms with Gasteiger partial charge >= 0.3 is 0 Å². The fraction of sp³-hybridized carbons (Fsp3) is 0.316. The summed E-state index contributed by atoms with van der Waals surface area (Å²) in [6.45, 7) is 1.14. The second kappa shape index (κ2) is 14.0. The average Bonchev–Trinajstić information content (AvgIpc) is 2.66. The normalized spacial score (nSPS) is 10.7. The van der Waals surface area contributed by atoms with Crippen molar-refractivity contribution in [3.63, 3.8) is 0 Å². The highest BCUT2D eigenvalue weighted by Gasteiger charge is 2.21. The number of halogens is 2. The molecule has 0 radical (unpaired) electrons. The Balaban J connectivity index is 0.00000338. The van der Waals surface area contributed by atoms with Gasteiger partial charge in [0.25, 0.3) is 5.91 Å². The van der Waals surface area contributed by atoms with Crippen LogP contribution in [-0.4, -0.2) is 35.9 Å². The van der Waals surface area contributed by atoms with E-state index >= 15 is 0 Å². The zero-order valence-electron chi connectivity index (χ0n) is 15.0. The first-order valence-electron chi connectivity index (χ1n) is 8.43. The lowest BCUT2D eigenvalue weighted by Crippen LogP contribution is -2.48. The van der Waals surface area contributed by atoms with Gasteiger partial charge in [-0.3, -0.25) is 14.6 Å². The number of nitrogens with zero attached hydrogens (tertiary/aromatic N) is 1. The molecule has 2 aromatic rings. The lowest BCUT2D eigenvalue weighted by Gasteiger charge is -2.18. The first-order chi connectivity index (χ1) is 12.2. The smallest absolute Gasteiger partial charge is 0.251 e. The van der Waals surface area contributed by atoms with Crippen LogP contribution in [0.4, 0.5) is 0 Å². The van der Waals surface area contributed by atoms with E-state index in [1.54, 1.807) is 36.7 Å². The lowest BCUT2D eigenvalue weighted by molar-refractivity contribution is -0.122. The number of benzene rings is 1. The first-order valence-corrected chi connectivity index (χ1v) is 8.43. The maximum absolute atomic E-state index is 12.5. The molecule has 0 fully saturated rings. The van der Waals surface area contributed by atoms with Crippen molar-refractivity contribution in [2.45, 2.75) is 25.3 Å². The highest BCUT2D eigenvalue weighted by molar-refractivity contribution is 5.97. The fourth-order valence-corrected chi connectivity index (χ4v) is 2.40. The van der Waals surface area contributed by atoms with Gasteiger partial charge in [-0.15, -0.1) is 24.8 Å². The molecule has 1 aromatic carbocycles. The minimum atomic E-state index is -0.658. The summed E-state index contributed by atoms with van der Waals surface area (Å²) >= 11 is 0. The van der Waals surface area contributed by atoms with Gasteiger partial charge in [-0.2, -0.15) is 0 Å². The van der Waals surface area contributed by atoms with E-state index in [1.807, 2.05) is 18.2 Å². The van der Waals surface area contributed by atoms with Gasteiger partial charge in [0, 0.05) is 30.9 Å². The van der Waals surface area contributed by atoms with Gasteiger partial charge in [-0.05, 0) is 43.1 Å². The number of nitrogens with one attached hydrogen (secondary N) is 2. The molecule has 0 spiro atoms. The summed E-state index contributed by atoms with van der Waals surface area (Å²) in [7, 11) is 0. The van der Waals surface area contributed by atoms with Crippen molar-refractivity contribution >= 4 is 36.6 Å². The van der Waals surface area contributed by atoms with E-state index in [2.05, 4.69) is 15.6 Å². The Bertz CT molecular complexity index is 672. The Morgan fingerprint density at radius 1 is 1.04 bits per heavy atom. The summed E-state index contributed by atoms with van der Waals surface area (Å²) in [6, 6.07) is 11.9. The summed E-state index contributed by atoms with van der Waals surface area (Å²) in [5.41, 5.74) is 6.87. The summed E-state index contributed by atoms with van der Waals surface area (Å²) in [6.07, 6.45) is 5.42. The van der Waals surface area contributed by atoms with Crippen molar-refractivity contribution in [2.24, 2.45) is 5.73 Å². The predicted molar refractivity (Wildman–Crippen MR) is 111 cm³/mol. The number of amides is 2. The quantitative estimate of drug-likeness (QED) is 0.549. The Hall–Kier alpha value is -2.15.